The quantitative estimate of drug-likeness (QED) is 0.191. The van der Waals surface area contributed by atoms with Gasteiger partial charge in [0.15, 0.2) is 40.6 Å². The molecule has 0 fully saturated rings. The van der Waals surface area contributed by atoms with Gasteiger partial charge in [0.05, 0.1) is 0 Å². The molecule has 12 heteroatoms. The van der Waals surface area contributed by atoms with Gasteiger partial charge in [-0.1, -0.05) is 0 Å². The number of Topliss-reactive ketones (excluding diaryl/α,β-unsaturated/α-hetero) is 5. The maximum atomic E-state index is 12.6. The molecule has 0 amide bonds. The monoisotopic (exact) mass is 411 g/mol. The molecule has 0 aromatic carbocycles. The smallest absolute Gasteiger partial charge is 0.347 e. The molecule has 0 radical (unpaired) electrons. The van der Waals surface area contributed by atoms with Gasteiger partial charge in [-0.15, -0.1) is 0 Å². The average Bonchev–Trinajstić information content (AvgIpc) is 2.82. The highest BCUT2D eigenvalue weighted by molar-refractivity contribution is 6.17. The Morgan fingerprint density at radius 1 is 0.714 bits per heavy atom. The topological polar surface area (TPSA) is 224 Å². The molecule has 1 unspecified atom stereocenters. The molecule has 6 N–H and O–H groups in total. The van der Waals surface area contributed by atoms with E-state index in [2.05, 4.69) is 0 Å². The Bertz CT molecular complexity index is 852. The van der Waals surface area contributed by atoms with E-state index in [0.29, 0.717) is 0 Å². The number of aliphatic carboxylic acids is 1. The van der Waals surface area contributed by atoms with Gasteiger partial charge >= 0.3 is 5.97 Å². The van der Waals surface area contributed by atoms with Gasteiger partial charge in [-0.25, -0.2) is 4.79 Å². The molecular formula is C16H22O12. The van der Waals surface area contributed by atoms with Gasteiger partial charge in [0.2, 0.25) is 11.2 Å². The highest BCUT2D eigenvalue weighted by Gasteiger charge is 2.81. The second-order valence-electron chi connectivity index (χ2n) is 5.76. The number of carboxylic acid groups (broad SMARTS) is 1. The molecule has 0 saturated carbocycles. The largest absolute Gasteiger partial charge is 0.479 e. The van der Waals surface area contributed by atoms with E-state index >= 15 is 0 Å². The SMILES string of the molecule is [2H]CC(=O)C(O)[C@](O)(C(=O)C[2H])[C@](O)(C(=O)C[2H])[C@@](O)(C(=O)C[2H])[C@@](O)(C(=O)O)C(=O)C[2H]. The van der Waals surface area contributed by atoms with Gasteiger partial charge in [-0.2, -0.15) is 0 Å². The van der Waals surface area contributed by atoms with E-state index in [0.717, 1.165) is 0 Å². The van der Waals surface area contributed by atoms with Crippen molar-refractivity contribution in [2.24, 2.45) is 0 Å². The van der Waals surface area contributed by atoms with E-state index in [9.17, 15) is 59.4 Å². The third-order valence-electron chi connectivity index (χ3n) is 4.24. The third-order valence-corrected chi connectivity index (χ3v) is 4.24. The fourth-order valence-electron chi connectivity index (χ4n) is 2.62. The van der Waals surface area contributed by atoms with Crippen LogP contribution >= 0.6 is 0 Å². The molecule has 5 atom stereocenters. The van der Waals surface area contributed by atoms with Crippen LogP contribution in [0.5, 0.6) is 0 Å². The zero-order chi connectivity index (χ0) is 26.6. The number of hydrogen-bond acceptors (Lipinski definition) is 11. The second-order valence-corrected chi connectivity index (χ2v) is 5.76. The Morgan fingerprint density at radius 3 is 1.50 bits per heavy atom. The first-order valence-corrected chi connectivity index (χ1v) is 6.95. The summed E-state index contributed by atoms with van der Waals surface area (Å²) in [5.41, 5.74) is -19.2. The van der Waals surface area contributed by atoms with Gasteiger partial charge in [-0.3, -0.25) is 24.0 Å². The molecule has 0 aromatic rings. The zero-order valence-electron chi connectivity index (χ0n) is 19.2. The van der Waals surface area contributed by atoms with E-state index < -0.39 is 97.9 Å². The lowest BCUT2D eigenvalue weighted by molar-refractivity contribution is -0.275. The molecule has 158 valence electrons. The van der Waals surface area contributed by atoms with E-state index in [1.165, 1.54) is 0 Å². The standard InChI is InChI=1S/C16H22O12/c1-6(17)11(22)13(25,7(2)18)15(27,9(4)20)16(28,10(5)21)14(26,8(3)19)12(23)24/h11,22,25-28H,1-5H3,(H,23,24)/t11?,13-,14+,15-,16-/m1/s1/i1D,2D,3D,4D,5D. The molecule has 0 aliphatic rings. The summed E-state index contributed by atoms with van der Waals surface area (Å²) in [7, 11) is 0. The second kappa shape index (κ2) is 7.56. The number of aliphatic hydroxyl groups is 5. The van der Waals surface area contributed by atoms with E-state index in [1.807, 2.05) is 0 Å². The first-order chi connectivity index (χ1) is 15.0. The molecule has 0 bridgehead atoms. The Morgan fingerprint density at radius 2 is 1.14 bits per heavy atom. The molecule has 12 nitrogen and oxygen atoms in total. The summed E-state index contributed by atoms with van der Waals surface area (Å²) in [6.45, 7) is -8.71. The molecule has 0 rings (SSSR count). The predicted octanol–water partition coefficient (Wildman–Crippen LogP) is -3.70. The number of carboxylic acids is 1. The van der Waals surface area contributed by atoms with Crippen LogP contribution in [0.4, 0.5) is 0 Å². The molecule has 0 saturated heterocycles. The van der Waals surface area contributed by atoms with Crippen LogP contribution in [0.2, 0.25) is 0 Å². The molecule has 0 heterocycles. The number of aliphatic hydroxyl groups excluding tert-OH is 1. The van der Waals surface area contributed by atoms with Crippen LogP contribution in [-0.2, 0) is 28.8 Å². The van der Waals surface area contributed by atoms with Crippen LogP contribution in [0.1, 0.15) is 41.4 Å². The molecule has 0 aliphatic heterocycles. The maximum Gasteiger partial charge on any atom is 0.347 e. The fraction of sp³-hybridized carbons (Fsp3) is 0.625. The summed E-state index contributed by atoms with van der Waals surface area (Å²) in [6.07, 6.45) is -3.44. The number of carbonyl (C=O) groups is 6. The lowest BCUT2D eigenvalue weighted by Gasteiger charge is -2.52. The van der Waals surface area contributed by atoms with Crippen molar-refractivity contribution in [1.82, 2.24) is 0 Å². The molecule has 0 spiro atoms. The van der Waals surface area contributed by atoms with Gasteiger partial charge < -0.3 is 30.6 Å². The summed E-state index contributed by atoms with van der Waals surface area (Å²) in [4.78, 5) is 73.6. The van der Waals surface area contributed by atoms with Crippen molar-refractivity contribution < 1.29 is 66.3 Å². The molecular weight excluding hydrogens is 384 g/mol. The van der Waals surface area contributed by atoms with Crippen LogP contribution in [0.25, 0.3) is 0 Å². The summed E-state index contributed by atoms with van der Waals surface area (Å²) in [5.74, 6) is -14.2. The normalized spacial score (nSPS) is 23.4. The Labute approximate surface area is 165 Å². The van der Waals surface area contributed by atoms with Gasteiger partial charge in [0, 0.05) is 6.85 Å². The number of hydrogen-bond donors (Lipinski definition) is 6. The Balaban J connectivity index is 8.16. The van der Waals surface area contributed by atoms with Gasteiger partial charge in [0.25, 0.3) is 5.60 Å². The van der Waals surface area contributed by atoms with Crippen LogP contribution in [-0.4, -0.2) is 94.0 Å². The highest BCUT2D eigenvalue weighted by atomic mass is 16.5. The van der Waals surface area contributed by atoms with Crippen LogP contribution in [0.3, 0.4) is 0 Å². The van der Waals surface area contributed by atoms with Crippen molar-refractivity contribution >= 4 is 34.9 Å². The van der Waals surface area contributed by atoms with Crippen molar-refractivity contribution in [2.75, 3.05) is 0 Å². The zero-order valence-corrected chi connectivity index (χ0v) is 14.2. The molecule has 0 aromatic heterocycles. The van der Waals surface area contributed by atoms with Gasteiger partial charge in [-0.05, 0) is 34.5 Å². The van der Waals surface area contributed by atoms with E-state index in [-0.39, 0.29) is 0 Å². The van der Waals surface area contributed by atoms with Crippen molar-refractivity contribution in [3.05, 3.63) is 0 Å². The number of ketones is 5. The minimum Gasteiger partial charge on any atom is -0.479 e. The van der Waals surface area contributed by atoms with Gasteiger partial charge in [0.1, 0.15) is 0 Å². The summed E-state index contributed by atoms with van der Waals surface area (Å²) in [5, 5.41) is 63.4. The van der Waals surface area contributed by atoms with Crippen molar-refractivity contribution in [1.29, 1.82) is 0 Å². The van der Waals surface area contributed by atoms with Crippen molar-refractivity contribution in [2.45, 2.75) is 63.0 Å². The lowest BCUT2D eigenvalue weighted by Crippen LogP contribution is -2.87. The number of rotatable bonds is 10. The first-order valence-electron chi connectivity index (χ1n) is 10.5. The summed E-state index contributed by atoms with van der Waals surface area (Å²) < 4.78 is 35.4. The molecule has 28 heavy (non-hydrogen) atoms. The van der Waals surface area contributed by atoms with E-state index in [4.69, 9.17) is 6.85 Å². The first kappa shape index (κ1) is 17.7. The fourth-order valence-corrected chi connectivity index (χ4v) is 2.62. The van der Waals surface area contributed by atoms with Crippen LogP contribution < -0.4 is 0 Å². The number of carbonyl (C=O) groups excluding carboxylic acids is 5. The molecule has 0 aliphatic carbocycles. The Kier molecular flexibility index (Phi) is 4.78. The van der Waals surface area contributed by atoms with Crippen molar-refractivity contribution in [3.63, 3.8) is 0 Å². The average molecular weight is 411 g/mol. The third kappa shape index (κ3) is 2.89. The van der Waals surface area contributed by atoms with Crippen molar-refractivity contribution in [3.8, 4) is 0 Å². The summed E-state index contributed by atoms with van der Waals surface area (Å²) >= 11 is 0. The summed E-state index contributed by atoms with van der Waals surface area (Å²) in [6, 6.07) is 0. The highest BCUT2D eigenvalue weighted by Crippen LogP contribution is 2.44. The van der Waals surface area contributed by atoms with E-state index in [1.54, 1.807) is 0 Å². The lowest BCUT2D eigenvalue weighted by atomic mass is 9.56. The predicted molar refractivity (Wildman–Crippen MR) is 86.8 cm³/mol. The minimum atomic E-state index is -4.97. The Hall–Kier alpha value is -2.38. The van der Waals surface area contributed by atoms with Crippen LogP contribution in [0.15, 0.2) is 0 Å². The van der Waals surface area contributed by atoms with Crippen LogP contribution in [0, 0.1) is 0 Å². The minimum absolute atomic E-state index is 1.49. The maximum absolute atomic E-state index is 12.6.